The fraction of sp³-hybridized carbons (Fsp3) is 0.280. The highest BCUT2D eigenvalue weighted by Gasteiger charge is 2.43. The van der Waals surface area contributed by atoms with Gasteiger partial charge < -0.3 is 9.47 Å². The number of hydrogen-bond donors (Lipinski definition) is 0. The summed E-state index contributed by atoms with van der Waals surface area (Å²) in [5.41, 5.74) is 5.20. The van der Waals surface area contributed by atoms with Crippen molar-refractivity contribution in [1.29, 1.82) is 0 Å². The minimum Gasteiger partial charge on any atom is -0.423 e. The van der Waals surface area contributed by atoms with Crippen molar-refractivity contribution < 1.29 is 19.1 Å². The van der Waals surface area contributed by atoms with Gasteiger partial charge in [-0.25, -0.2) is 9.59 Å². The Bertz CT molecular complexity index is 991. The molecule has 148 valence electrons. The van der Waals surface area contributed by atoms with Gasteiger partial charge in [0, 0.05) is 11.8 Å². The Morgan fingerprint density at radius 1 is 0.690 bits per heavy atom. The summed E-state index contributed by atoms with van der Waals surface area (Å²) in [5, 5.41) is 0. The highest BCUT2D eigenvalue weighted by atomic mass is 16.5. The number of carbonyl (C=O) groups excluding carboxylic acids is 2. The van der Waals surface area contributed by atoms with Crippen molar-refractivity contribution in [3.05, 3.63) is 82.0 Å². The van der Waals surface area contributed by atoms with E-state index in [0.717, 1.165) is 22.3 Å². The lowest BCUT2D eigenvalue weighted by Gasteiger charge is -2.15. The smallest absolute Gasteiger partial charge is 0.340 e. The maximum absolute atomic E-state index is 12.9. The molecule has 0 saturated carbocycles. The summed E-state index contributed by atoms with van der Waals surface area (Å²) in [7, 11) is 0. The molecular formula is C25H24O4. The number of ether oxygens (including phenoxy) is 2. The molecular weight excluding hydrogens is 364 g/mol. The molecule has 2 atom stereocenters. The van der Waals surface area contributed by atoms with Gasteiger partial charge in [0.25, 0.3) is 0 Å². The zero-order valence-electron chi connectivity index (χ0n) is 17.1. The second-order valence-electron chi connectivity index (χ2n) is 7.93. The van der Waals surface area contributed by atoms with E-state index in [4.69, 9.17) is 9.47 Å². The second-order valence-corrected chi connectivity index (χ2v) is 7.93. The summed E-state index contributed by atoms with van der Waals surface area (Å²) in [6.45, 7) is 7.95. The highest BCUT2D eigenvalue weighted by molar-refractivity contribution is 6.04. The third kappa shape index (κ3) is 3.63. The van der Waals surface area contributed by atoms with E-state index in [1.54, 1.807) is 12.1 Å². The number of carbonyl (C=O) groups is 2. The topological polar surface area (TPSA) is 52.6 Å². The first-order valence-corrected chi connectivity index (χ1v) is 9.84. The monoisotopic (exact) mass is 388 g/mol. The van der Waals surface area contributed by atoms with E-state index in [-0.39, 0.29) is 11.8 Å². The van der Waals surface area contributed by atoms with Gasteiger partial charge in [-0.2, -0.15) is 0 Å². The van der Waals surface area contributed by atoms with Gasteiger partial charge in [-0.05, 0) is 80.6 Å². The minimum atomic E-state index is -0.475. The van der Waals surface area contributed by atoms with Gasteiger partial charge in [-0.3, -0.25) is 0 Å². The normalized spacial score (nSPS) is 19.6. The SMILES string of the molecule is Cc1ccc(OC(=O)C2=C(C(=O)Oc3ccc(C)c(C)c3)C3C=CC2C3)cc1C. The summed E-state index contributed by atoms with van der Waals surface area (Å²) in [5.74, 6) is -0.171. The summed E-state index contributed by atoms with van der Waals surface area (Å²) in [6.07, 6.45) is 4.68. The number of hydrogen-bond acceptors (Lipinski definition) is 4. The maximum atomic E-state index is 12.9. The van der Waals surface area contributed by atoms with E-state index in [0.29, 0.717) is 29.1 Å². The standard InChI is InChI=1S/C25H24O4/c1-14-5-9-20(11-16(14)3)28-24(26)22-18-7-8-19(13-18)23(22)25(27)29-21-10-6-15(2)17(4)12-21/h5-12,18-19H,13H2,1-4H3. The van der Waals surface area contributed by atoms with Crippen molar-refractivity contribution in [3.8, 4) is 11.5 Å². The number of benzene rings is 2. The molecule has 0 amide bonds. The van der Waals surface area contributed by atoms with Crippen LogP contribution in [0.3, 0.4) is 0 Å². The quantitative estimate of drug-likeness (QED) is 0.423. The lowest BCUT2D eigenvalue weighted by molar-refractivity contribution is -0.133. The summed E-state index contributed by atoms with van der Waals surface area (Å²) < 4.78 is 11.2. The largest absolute Gasteiger partial charge is 0.423 e. The average molecular weight is 388 g/mol. The molecule has 4 heteroatoms. The highest BCUT2D eigenvalue weighted by Crippen LogP contribution is 2.45. The Kier molecular flexibility index (Phi) is 4.87. The van der Waals surface area contributed by atoms with Crippen LogP contribution in [0.25, 0.3) is 0 Å². The van der Waals surface area contributed by atoms with Crippen molar-refractivity contribution in [3.63, 3.8) is 0 Å². The Balaban J connectivity index is 1.60. The third-order valence-corrected chi connectivity index (χ3v) is 5.93. The maximum Gasteiger partial charge on any atom is 0.340 e. The minimum absolute atomic E-state index is 0.0960. The Morgan fingerprint density at radius 2 is 1.10 bits per heavy atom. The molecule has 0 aliphatic heterocycles. The Labute approximate surface area is 170 Å². The molecule has 2 unspecified atom stereocenters. The van der Waals surface area contributed by atoms with Gasteiger partial charge in [0.05, 0.1) is 11.1 Å². The van der Waals surface area contributed by atoms with Gasteiger partial charge in [0.1, 0.15) is 11.5 Å². The molecule has 0 radical (unpaired) electrons. The van der Waals surface area contributed by atoms with Crippen molar-refractivity contribution in [2.45, 2.75) is 34.1 Å². The van der Waals surface area contributed by atoms with E-state index in [2.05, 4.69) is 0 Å². The molecule has 4 rings (SSSR count). The van der Waals surface area contributed by atoms with Crippen LogP contribution in [0.5, 0.6) is 11.5 Å². The van der Waals surface area contributed by atoms with Crippen LogP contribution in [0.2, 0.25) is 0 Å². The van der Waals surface area contributed by atoms with E-state index in [1.807, 2.05) is 64.1 Å². The first-order chi connectivity index (χ1) is 13.8. The summed E-state index contributed by atoms with van der Waals surface area (Å²) in [4.78, 5) is 25.9. The molecule has 0 heterocycles. The van der Waals surface area contributed by atoms with E-state index < -0.39 is 11.9 Å². The molecule has 2 aromatic carbocycles. The first kappa shape index (κ1) is 19.2. The Morgan fingerprint density at radius 3 is 1.48 bits per heavy atom. The zero-order chi connectivity index (χ0) is 20.7. The molecule has 29 heavy (non-hydrogen) atoms. The predicted octanol–water partition coefficient (Wildman–Crippen LogP) is 4.93. The number of fused-ring (bicyclic) bond motifs is 2. The molecule has 0 spiro atoms. The van der Waals surface area contributed by atoms with Crippen LogP contribution in [-0.4, -0.2) is 11.9 Å². The van der Waals surface area contributed by atoms with Gasteiger partial charge in [0.15, 0.2) is 0 Å². The lowest BCUT2D eigenvalue weighted by Crippen LogP contribution is -2.22. The molecule has 2 bridgehead atoms. The number of rotatable bonds is 4. The van der Waals surface area contributed by atoms with Gasteiger partial charge in [0.2, 0.25) is 0 Å². The van der Waals surface area contributed by atoms with Crippen LogP contribution in [-0.2, 0) is 9.59 Å². The van der Waals surface area contributed by atoms with Gasteiger partial charge >= 0.3 is 11.9 Å². The van der Waals surface area contributed by atoms with E-state index in [1.165, 1.54) is 0 Å². The number of esters is 2. The molecule has 4 nitrogen and oxygen atoms in total. The molecule has 2 aromatic rings. The van der Waals surface area contributed by atoms with Crippen LogP contribution in [0.15, 0.2) is 59.7 Å². The fourth-order valence-corrected chi connectivity index (χ4v) is 3.93. The lowest BCUT2D eigenvalue weighted by atomic mass is 9.97. The van der Waals surface area contributed by atoms with Crippen LogP contribution < -0.4 is 9.47 Å². The molecule has 0 N–H and O–H groups in total. The first-order valence-electron chi connectivity index (χ1n) is 9.84. The van der Waals surface area contributed by atoms with Crippen LogP contribution in [0.1, 0.15) is 28.7 Å². The second kappa shape index (κ2) is 7.36. The van der Waals surface area contributed by atoms with Crippen LogP contribution >= 0.6 is 0 Å². The Hall–Kier alpha value is -3.14. The number of aryl methyl sites for hydroxylation is 4. The van der Waals surface area contributed by atoms with E-state index >= 15 is 0 Å². The van der Waals surface area contributed by atoms with Gasteiger partial charge in [-0.1, -0.05) is 24.3 Å². The fourth-order valence-electron chi connectivity index (χ4n) is 3.93. The zero-order valence-corrected chi connectivity index (χ0v) is 17.1. The van der Waals surface area contributed by atoms with Crippen LogP contribution in [0.4, 0.5) is 0 Å². The summed E-state index contributed by atoms with van der Waals surface area (Å²) >= 11 is 0. The molecule has 2 aliphatic rings. The molecule has 0 saturated heterocycles. The van der Waals surface area contributed by atoms with Crippen molar-refractivity contribution in [2.75, 3.05) is 0 Å². The van der Waals surface area contributed by atoms with Crippen LogP contribution in [0, 0.1) is 39.5 Å². The molecule has 2 aliphatic carbocycles. The van der Waals surface area contributed by atoms with Crippen molar-refractivity contribution >= 4 is 11.9 Å². The van der Waals surface area contributed by atoms with E-state index in [9.17, 15) is 9.59 Å². The third-order valence-electron chi connectivity index (χ3n) is 5.93. The van der Waals surface area contributed by atoms with Crippen molar-refractivity contribution in [1.82, 2.24) is 0 Å². The average Bonchev–Trinajstić information content (AvgIpc) is 3.29. The van der Waals surface area contributed by atoms with Gasteiger partial charge in [-0.15, -0.1) is 0 Å². The predicted molar refractivity (Wildman–Crippen MR) is 111 cm³/mol. The molecule has 0 fully saturated rings. The summed E-state index contributed by atoms with van der Waals surface area (Å²) in [6, 6.07) is 11.1. The van der Waals surface area contributed by atoms with Crippen molar-refractivity contribution in [2.24, 2.45) is 11.8 Å². The number of allylic oxidation sites excluding steroid dienone is 2. The molecule has 0 aromatic heterocycles.